The van der Waals surface area contributed by atoms with Crippen LogP contribution in [0, 0.1) is 0 Å². The van der Waals surface area contributed by atoms with Gasteiger partial charge in [-0.25, -0.2) is 0 Å². The summed E-state index contributed by atoms with van der Waals surface area (Å²) >= 11 is 0. The smallest absolute Gasteiger partial charge is 0.119 e. The molecule has 1 heterocycles. The second-order valence-electron chi connectivity index (χ2n) is 6.94. The van der Waals surface area contributed by atoms with E-state index in [1.54, 1.807) is 0 Å². The number of nitrogens with two attached hydrogens (primary N) is 1. The molecule has 0 spiro atoms. The van der Waals surface area contributed by atoms with Gasteiger partial charge in [-0.15, -0.1) is 0 Å². The molecule has 0 aromatic heterocycles. The maximum absolute atomic E-state index is 5.96. The molecule has 2 rings (SSSR count). The van der Waals surface area contributed by atoms with Crippen LogP contribution < -0.4 is 10.5 Å². The lowest BCUT2D eigenvalue weighted by Crippen LogP contribution is -2.39. The van der Waals surface area contributed by atoms with Gasteiger partial charge in [0.15, 0.2) is 0 Å². The Bertz CT molecular complexity index is 476. The minimum atomic E-state index is 0.380. The molecule has 6 nitrogen and oxygen atoms in total. The highest BCUT2D eigenvalue weighted by Gasteiger charge is 2.15. The van der Waals surface area contributed by atoms with Crippen molar-refractivity contribution in [2.75, 3.05) is 59.3 Å². The van der Waals surface area contributed by atoms with Crippen molar-refractivity contribution in [3.63, 3.8) is 0 Å². The average molecular weight is 381 g/mol. The molecule has 1 fully saturated rings. The highest BCUT2D eigenvalue weighted by atomic mass is 16.6. The summed E-state index contributed by atoms with van der Waals surface area (Å²) in [7, 11) is 0. The summed E-state index contributed by atoms with van der Waals surface area (Å²) < 4.78 is 22.0. The van der Waals surface area contributed by atoms with Gasteiger partial charge >= 0.3 is 0 Å². The quantitative estimate of drug-likeness (QED) is 0.500. The summed E-state index contributed by atoms with van der Waals surface area (Å²) in [4.78, 5) is 2.46. The maximum Gasteiger partial charge on any atom is 0.119 e. The zero-order valence-corrected chi connectivity index (χ0v) is 16.7. The molecule has 27 heavy (non-hydrogen) atoms. The van der Waals surface area contributed by atoms with Crippen LogP contribution in [-0.2, 0) is 20.8 Å². The van der Waals surface area contributed by atoms with Crippen molar-refractivity contribution in [2.24, 2.45) is 5.73 Å². The molecule has 6 heteroatoms. The second-order valence-corrected chi connectivity index (χ2v) is 6.94. The molecule has 0 amide bonds. The molecule has 0 aliphatic carbocycles. The van der Waals surface area contributed by atoms with Gasteiger partial charge < -0.3 is 24.7 Å². The Morgan fingerprint density at radius 2 is 1.41 bits per heavy atom. The monoisotopic (exact) mass is 380 g/mol. The number of piperidine rings is 1. The second kappa shape index (κ2) is 13.9. The molecule has 1 aromatic carbocycles. The fourth-order valence-corrected chi connectivity index (χ4v) is 2.97. The zero-order valence-electron chi connectivity index (χ0n) is 16.7. The van der Waals surface area contributed by atoms with Crippen LogP contribution in [0.5, 0.6) is 5.75 Å². The van der Waals surface area contributed by atoms with E-state index in [2.05, 4.69) is 24.0 Å². The first-order chi connectivity index (χ1) is 13.3. The lowest BCUT2D eigenvalue weighted by molar-refractivity contribution is 0.00945. The van der Waals surface area contributed by atoms with Gasteiger partial charge in [0.05, 0.1) is 33.0 Å². The van der Waals surface area contributed by atoms with Gasteiger partial charge in [-0.3, -0.25) is 4.90 Å². The first kappa shape index (κ1) is 22.1. The Morgan fingerprint density at radius 1 is 0.852 bits per heavy atom. The first-order valence-electron chi connectivity index (χ1n) is 10.2. The van der Waals surface area contributed by atoms with E-state index in [0.29, 0.717) is 45.7 Å². The Balaban J connectivity index is 1.47. The SMILES string of the molecule is CCCOCCOCCOCCOc1ccc(CN2CCC(N)CC2)cc1. The van der Waals surface area contributed by atoms with Crippen molar-refractivity contribution in [2.45, 2.75) is 38.8 Å². The van der Waals surface area contributed by atoms with Gasteiger partial charge in [0, 0.05) is 19.2 Å². The van der Waals surface area contributed by atoms with Crippen LogP contribution >= 0.6 is 0 Å². The van der Waals surface area contributed by atoms with Crippen LogP contribution in [0.3, 0.4) is 0 Å². The number of benzene rings is 1. The van der Waals surface area contributed by atoms with E-state index in [0.717, 1.165) is 51.3 Å². The topological polar surface area (TPSA) is 66.2 Å². The van der Waals surface area contributed by atoms with Gasteiger partial charge in [0.25, 0.3) is 0 Å². The molecule has 0 radical (unpaired) electrons. The van der Waals surface area contributed by atoms with Crippen LogP contribution in [0.2, 0.25) is 0 Å². The third-order valence-electron chi connectivity index (χ3n) is 4.55. The molecule has 0 unspecified atom stereocenters. The van der Waals surface area contributed by atoms with Crippen molar-refractivity contribution in [1.29, 1.82) is 0 Å². The average Bonchev–Trinajstić information content (AvgIpc) is 2.69. The number of ether oxygens (including phenoxy) is 4. The third kappa shape index (κ3) is 10.1. The lowest BCUT2D eigenvalue weighted by atomic mass is 10.1. The van der Waals surface area contributed by atoms with Crippen LogP contribution in [0.4, 0.5) is 0 Å². The van der Waals surface area contributed by atoms with Gasteiger partial charge in [-0.2, -0.15) is 0 Å². The largest absolute Gasteiger partial charge is 0.491 e. The molecular formula is C21H36N2O4. The van der Waals surface area contributed by atoms with E-state index in [1.165, 1.54) is 5.56 Å². The minimum absolute atomic E-state index is 0.380. The highest BCUT2D eigenvalue weighted by Crippen LogP contribution is 2.16. The standard InChI is InChI=1S/C21H36N2O4/c1-2-11-24-12-13-25-14-15-26-16-17-27-21-5-3-19(4-6-21)18-23-9-7-20(22)8-10-23/h3-6,20H,2,7-18,22H2,1H3. The fraction of sp³-hybridized carbons (Fsp3) is 0.714. The number of hydrogen-bond donors (Lipinski definition) is 1. The minimum Gasteiger partial charge on any atom is -0.491 e. The number of rotatable bonds is 14. The molecule has 1 saturated heterocycles. The molecule has 154 valence electrons. The van der Waals surface area contributed by atoms with Crippen LogP contribution in [0.1, 0.15) is 31.7 Å². The van der Waals surface area contributed by atoms with Gasteiger partial charge in [0.2, 0.25) is 0 Å². The van der Waals surface area contributed by atoms with Crippen molar-refractivity contribution >= 4 is 0 Å². The van der Waals surface area contributed by atoms with Crippen molar-refractivity contribution in [3.05, 3.63) is 29.8 Å². The number of nitrogens with zero attached hydrogens (tertiary/aromatic N) is 1. The number of likely N-dealkylation sites (tertiary alicyclic amines) is 1. The van der Waals surface area contributed by atoms with Gasteiger partial charge in [-0.05, 0) is 50.0 Å². The van der Waals surface area contributed by atoms with E-state index in [1.807, 2.05) is 12.1 Å². The Kier molecular flexibility index (Phi) is 11.4. The summed E-state index contributed by atoms with van der Waals surface area (Å²) in [5.74, 6) is 0.882. The van der Waals surface area contributed by atoms with Crippen LogP contribution in [0.25, 0.3) is 0 Å². The summed E-state index contributed by atoms with van der Waals surface area (Å²) in [5.41, 5.74) is 7.27. The predicted molar refractivity (Wildman–Crippen MR) is 107 cm³/mol. The third-order valence-corrected chi connectivity index (χ3v) is 4.55. The highest BCUT2D eigenvalue weighted by molar-refractivity contribution is 5.27. The molecule has 0 atom stereocenters. The molecule has 1 aliphatic rings. The lowest BCUT2D eigenvalue weighted by Gasteiger charge is -2.30. The van der Waals surface area contributed by atoms with E-state index < -0.39 is 0 Å². The van der Waals surface area contributed by atoms with E-state index in [9.17, 15) is 0 Å². The predicted octanol–water partition coefficient (Wildman–Crippen LogP) is 2.45. The Hall–Kier alpha value is -1.18. The molecular weight excluding hydrogens is 344 g/mol. The summed E-state index contributed by atoms with van der Waals surface area (Å²) in [6.45, 7) is 9.60. The molecule has 1 aliphatic heterocycles. The van der Waals surface area contributed by atoms with Crippen molar-refractivity contribution in [3.8, 4) is 5.75 Å². The summed E-state index contributed by atoms with van der Waals surface area (Å²) in [6, 6.07) is 8.72. The van der Waals surface area contributed by atoms with E-state index >= 15 is 0 Å². The molecule has 0 bridgehead atoms. The Morgan fingerprint density at radius 3 is 2.00 bits per heavy atom. The van der Waals surface area contributed by atoms with Gasteiger partial charge in [-0.1, -0.05) is 19.1 Å². The number of hydrogen-bond acceptors (Lipinski definition) is 6. The van der Waals surface area contributed by atoms with E-state index in [4.69, 9.17) is 24.7 Å². The Labute approximate surface area is 163 Å². The van der Waals surface area contributed by atoms with Crippen LogP contribution in [-0.4, -0.2) is 70.3 Å². The van der Waals surface area contributed by atoms with Crippen molar-refractivity contribution < 1.29 is 18.9 Å². The van der Waals surface area contributed by atoms with Crippen molar-refractivity contribution in [1.82, 2.24) is 4.90 Å². The molecule has 0 saturated carbocycles. The summed E-state index contributed by atoms with van der Waals surface area (Å²) in [5, 5.41) is 0. The normalized spacial score (nSPS) is 15.9. The van der Waals surface area contributed by atoms with Gasteiger partial charge in [0.1, 0.15) is 12.4 Å². The van der Waals surface area contributed by atoms with Crippen LogP contribution in [0.15, 0.2) is 24.3 Å². The molecule has 2 N–H and O–H groups in total. The zero-order chi connectivity index (χ0) is 19.2. The maximum atomic E-state index is 5.96. The van der Waals surface area contributed by atoms with E-state index in [-0.39, 0.29) is 0 Å². The summed E-state index contributed by atoms with van der Waals surface area (Å²) in [6.07, 6.45) is 3.23. The molecule has 1 aromatic rings. The fourth-order valence-electron chi connectivity index (χ4n) is 2.97. The first-order valence-corrected chi connectivity index (χ1v) is 10.2.